The van der Waals surface area contributed by atoms with E-state index in [0.29, 0.717) is 0 Å². The van der Waals surface area contributed by atoms with E-state index in [1.54, 1.807) is 0 Å². The van der Waals surface area contributed by atoms with E-state index in [1.165, 1.54) is 5.56 Å². The summed E-state index contributed by atoms with van der Waals surface area (Å²) in [5, 5.41) is 4.72. The molecule has 1 aliphatic rings. The Hall–Kier alpha value is -0.840. The van der Waals surface area contributed by atoms with Crippen LogP contribution in [0.15, 0.2) is 24.3 Å². The molecule has 0 atom stereocenters. The molecule has 0 unspecified atom stereocenters. The third-order valence-corrected chi connectivity index (χ3v) is 4.06. The second-order valence-corrected chi connectivity index (χ2v) is 5.20. The standard InChI is InChI=1S/C13H18ClN3S/c1-15-13(18)17-8-6-16(7-9-17)10-11-4-2-3-5-12(11)14/h2-5H,6-10H2,1H3,(H,15,18). The average molecular weight is 284 g/mol. The molecule has 0 amide bonds. The quantitative estimate of drug-likeness (QED) is 0.836. The van der Waals surface area contributed by atoms with Crippen LogP contribution in [0.1, 0.15) is 5.56 Å². The van der Waals surface area contributed by atoms with Crippen LogP contribution in [0.4, 0.5) is 0 Å². The van der Waals surface area contributed by atoms with Crippen LogP contribution in [-0.4, -0.2) is 48.1 Å². The zero-order valence-electron chi connectivity index (χ0n) is 10.5. The maximum absolute atomic E-state index is 6.18. The van der Waals surface area contributed by atoms with Gasteiger partial charge in [0.05, 0.1) is 0 Å². The van der Waals surface area contributed by atoms with Crippen molar-refractivity contribution in [3.63, 3.8) is 0 Å². The van der Waals surface area contributed by atoms with E-state index in [0.717, 1.165) is 42.9 Å². The predicted octanol–water partition coefficient (Wildman–Crippen LogP) is 1.96. The lowest BCUT2D eigenvalue weighted by molar-refractivity contribution is 0.175. The molecule has 0 radical (unpaired) electrons. The smallest absolute Gasteiger partial charge is 0.168 e. The van der Waals surface area contributed by atoms with Crippen molar-refractivity contribution in [1.82, 2.24) is 15.1 Å². The van der Waals surface area contributed by atoms with Gasteiger partial charge in [0.15, 0.2) is 5.11 Å². The highest BCUT2D eigenvalue weighted by molar-refractivity contribution is 7.80. The minimum absolute atomic E-state index is 0.840. The van der Waals surface area contributed by atoms with Crippen molar-refractivity contribution in [2.45, 2.75) is 6.54 Å². The second-order valence-electron chi connectivity index (χ2n) is 4.41. The van der Waals surface area contributed by atoms with Gasteiger partial charge in [0.25, 0.3) is 0 Å². The Bertz CT molecular complexity index is 416. The molecule has 1 fully saturated rings. The maximum atomic E-state index is 6.18. The van der Waals surface area contributed by atoms with E-state index in [9.17, 15) is 0 Å². The molecule has 0 spiro atoms. The number of rotatable bonds is 2. The van der Waals surface area contributed by atoms with E-state index in [2.05, 4.69) is 21.2 Å². The summed E-state index contributed by atoms with van der Waals surface area (Å²) in [5.41, 5.74) is 1.20. The van der Waals surface area contributed by atoms with Gasteiger partial charge in [-0.05, 0) is 23.8 Å². The largest absolute Gasteiger partial charge is 0.366 e. The molecular formula is C13H18ClN3S. The molecule has 0 aromatic heterocycles. The van der Waals surface area contributed by atoms with Crippen LogP contribution in [0, 0.1) is 0 Å². The molecule has 1 aromatic rings. The fraction of sp³-hybridized carbons (Fsp3) is 0.462. The Kier molecular flexibility index (Phi) is 4.80. The van der Waals surface area contributed by atoms with Gasteiger partial charge >= 0.3 is 0 Å². The minimum atomic E-state index is 0.840. The average Bonchev–Trinajstić information content (AvgIpc) is 2.41. The van der Waals surface area contributed by atoms with Crippen LogP contribution in [0.5, 0.6) is 0 Å². The third-order valence-electron chi connectivity index (χ3n) is 3.23. The van der Waals surface area contributed by atoms with Crippen LogP contribution in [-0.2, 0) is 6.54 Å². The molecule has 5 heteroatoms. The van der Waals surface area contributed by atoms with Crippen LogP contribution in [0.3, 0.4) is 0 Å². The molecule has 0 saturated carbocycles. The molecule has 3 nitrogen and oxygen atoms in total. The number of halogens is 1. The third kappa shape index (κ3) is 3.34. The van der Waals surface area contributed by atoms with Gasteiger partial charge in [0, 0.05) is 44.8 Å². The van der Waals surface area contributed by atoms with Gasteiger partial charge in [-0.3, -0.25) is 4.90 Å². The molecule has 1 saturated heterocycles. The first kappa shape index (κ1) is 13.6. The molecular weight excluding hydrogens is 266 g/mol. The summed E-state index contributed by atoms with van der Waals surface area (Å²) in [4.78, 5) is 4.62. The first-order valence-corrected chi connectivity index (χ1v) is 6.91. The molecule has 2 rings (SSSR count). The van der Waals surface area contributed by atoms with Gasteiger partial charge in [-0.15, -0.1) is 0 Å². The Morgan fingerprint density at radius 2 is 1.94 bits per heavy atom. The summed E-state index contributed by atoms with van der Waals surface area (Å²) in [6.07, 6.45) is 0. The van der Waals surface area contributed by atoms with Crippen molar-refractivity contribution >= 4 is 28.9 Å². The minimum Gasteiger partial charge on any atom is -0.366 e. The van der Waals surface area contributed by atoms with Crippen molar-refractivity contribution < 1.29 is 0 Å². The lowest BCUT2D eigenvalue weighted by Crippen LogP contribution is -2.50. The van der Waals surface area contributed by atoms with Crippen LogP contribution in [0.25, 0.3) is 0 Å². The number of piperazine rings is 1. The van der Waals surface area contributed by atoms with Crippen molar-refractivity contribution in [2.24, 2.45) is 0 Å². The van der Waals surface area contributed by atoms with E-state index >= 15 is 0 Å². The maximum Gasteiger partial charge on any atom is 0.168 e. The lowest BCUT2D eigenvalue weighted by atomic mass is 10.2. The molecule has 1 aromatic carbocycles. The number of nitrogens with one attached hydrogen (secondary N) is 1. The molecule has 1 heterocycles. The fourth-order valence-electron chi connectivity index (χ4n) is 2.13. The number of benzene rings is 1. The number of hydrogen-bond acceptors (Lipinski definition) is 2. The van der Waals surface area contributed by atoms with Gasteiger partial charge < -0.3 is 10.2 Å². The lowest BCUT2D eigenvalue weighted by Gasteiger charge is -2.36. The molecule has 98 valence electrons. The normalized spacial score (nSPS) is 16.7. The first-order valence-electron chi connectivity index (χ1n) is 6.13. The van der Waals surface area contributed by atoms with Gasteiger partial charge in [-0.2, -0.15) is 0 Å². The highest BCUT2D eigenvalue weighted by atomic mass is 35.5. The van der Waals surface area contributed by atoms with Crippen molar-refractivity contribution in [3.8, 4) is 0 Å². The van der Waals surface area contributed by atoms with Crippen LogP contribution < -0.4 is 5.32 Å². The summed E-state index contributed by atoms with van der Waals surface area (Å²) in [6, 6.07) is 8.04. The Balaban J connectivity index is 1.87. The van der Waals surface area contributed by atoms with Gasteiger partial charge in [-0.1, -0.05) is 29.8 Å². The number of nitrogens with zero attached hydrogens (tertiary/aromatic N) is 2. The molecule has 0 bridgehead atoms. The molecule has 18 heavy (non-hydrogen) atoms. The Labute approximate surface area is 119 Å². The van der Waals surface area contributed by atoms with E-state index in [1.807, 2.05) is 25.2 Å². The summed E-state index contributed by atoms with van der Waals surface area (Å²) in [6.45, 7) is 4.91. The molecule has 1 N–H and O–H groups in total. The summed E-state index contributed by atoms with van der Waals surface area (Å²) in [7, 11) is 1.87. The summed E-state index contributed by atoms with van der Waals surface area (Å²) >= 11 is 11.4. The highest BCUT2D eigenvalue weighted by Gasteiger charge is 2.18. The first-order chi connectivity index (χ1) is 8.70. The zero-order valence-corrected chi connectivity index (χ0v) is 12.1. The number of hydrogen-bond donors (Lipinski definition) is 1. The SMILES string of the molecule is CNC(=S)N1CCN(Cc2ccccc2Cl)CC1. The molecule has 1 aliphatic heterocycles. The second kappa shape index (κ2) is 6.36. The van der Waals surface area contributed by atoms with Gasteiger partial charge in [-0.25, -0.2) is 0 Å². The van der Waals surface area contributed by atoms with E-state index in [4.69, 9.17) is 23.8 Å². The summed E-state index contributed by atoms with van der Waals surface area (Å²) in [5.74, 6) is 0. The van der Waals surface area contributed by atoms with Gasteiger partial charge in [0.2, 0.25) is 0 Å². The van der Waals surface area contributed by atoms with Crippen LogP contribution >= 0.6 is 23.8 Å². The van der Waals surface area contributed by atoms with Crippen molar-refractivity contribution in [3.05, 3.63) is 34.9 Å². The van der Waals surface area contributed by atoms with E-state index in [-0.39, 0.29) is 0 Å². The summed E-state index contributed by atoms with van der Waals surface area (Å²) < 4.78 is 0. The predicted molar refractivity (Wildman–Crippen MR) is 80.0 cm³/mol. The van der Waals surface area contributed by atoms with Crippen LogP contribution in [0.2, 0.25) is 5.02 Å². The van der Waals surface area contributed by atoms with Crippen molar-refractivity contribution in [2.75, 3.05) is 33.2 Å². The Morgan fingerprint density at radius 1 is 1.28 bits per heavy atom. The zero-order chi connectivity index (χ0) is 13.0. The monoisotopic (exact) mass is 283 g/mol. The molecule has 0 aliphatic carbocycles. The van der Waals surface area contributed by atoms with Crippen molar-refractivity contribution in [1.29, 1.82) is 0 Å². The fourth-order valence-corrected chi connectivity index (χ4v) is 2.51. The number of thiocarbonyl (C=S) groups is 1. The topological polar surface area (TPSA) is 18.5 Å². The Morgan fingerprint density at radius 3 is 2.56 bits per heavy atom. The highest BCUT2D eigenvalue weighted by Crippen LogP contribution is 2.17. The van der Waals surface area contributed by atoms with Gasteiger partial charge in [0.1, 0.15) is 0 Å². The van der Waals surface area contributed by atoms with E-state index < -0.39 is 0 Å².